The Bertz CT molecular complexity index is 788. The lowest BCUT2D eigenvalue weighted by Crippen LogP contribution is -2.49. The Hall–Kier alpha value is -2.27. The van der Waals surface area contributed by atoms with Crippen molar-refractivity contribution < 1.29 is 9.18 Å². The van der Waals surface area contributed by atoms with Crippen LogP contribution in [0.25, 0.3) is 0 Å². The van der Waals surface area contributed by atoms with Crippen LogP contribution in [0.15, 0.2) is 48.8 Å². The number of aromatic nitrogens is 1. The number of pyridine rings is 1. The van der Waals surface area contributed by atoms with Crippen molar-refractivity contribution in [2.24, 2.45) is 5.92 Å². The molecule has 0 spiro atoms. The van der Waals surface area contributed by atoms with Crippen LogP contribution in [0, 0.1) is 11.7 Å². The first-order chi connectivity index (χ1) is 14.2. The molecule has 3 heterocycles. The molecule has 0 unspecified atom stereocenters. The fourth-order valence-corrected chi connectivity index (χ4v) is 4.79. The summed E-state index contributed by atoms with van der Waals surface area (Å²) in [5.41, 5.74) is 1.91. The fraction of sp³-hybridized carbons (Fsp3) is 0.500. The topological polar surface area (TPSA) is 36.4 Å². The Morgan fingerprint density at radius 3 is 2.59 bits per heavy atom. The van der Waals surface area contributed by atoms with Crippen molar-refractivity contribution in [1.29, 1.82) is 0 Å². The molecule has 4 nitrogen and oxygen atoms in total. The van der Waals surface area contributed by atoms with E-state index >= 15 is 0 Å². The van der Waals surface area contributed by atoms with Crippen molar-refractivity contribution in [3.8, 4) is 0 Å². The van der Waals surface area contributed by atoms with Gasteiger partial charge in [-0.05, 0) is 80.8 Å². The van der Waals surface area contributed by atoms with Gasteiger partial charge in [-0.15, -0.1) is 0 Å². The number of likely N-dealkylation sites (tertiary alicyclic amines) is 2. The lowest BCUT2D eigenvalue weighted by molar-refractivity contribution is 0.0522. The molecule has 2 aromatic rings. The summed E-state index contributed by atoms with van der Waals surface area (Å²) in [5, 5.41) is 0. The van der Waals surface area contributed by atoms with E-state index < -0.39 is 0 Å². The Morgan fingerprint density at radius 2 is 1.86 bits per heavy atom. The van der Waals surface area contributed by atoms with Crippen LogP contribution in [0.3, 0.4) is 0 Å². The van der Waals surface area contributed by atoms with Gasteiger partial charge in [-0.2, -0.15) is 0 Å². The zero-order chi connectivity index (χ0) is 20.1. The van der Waals surface area contributed by atoms with E-state index in [4.69, 9.17) is 0 Å². The van der Waals surface area contributed by atoms with Crippen molar-refractivity contribution >= 4 is 5.91 Å². The lowest BCUT2D eigenvalue weighted by atomic mass is 9.89. The van der Waals surface area contributed by atoms with Crippen LogP contribution in [0.5, 0.6) is 0 Å². The highest BCUT2D eigenvalue weighted by Gasteiger charge is 2.30. The van der Waals surface area contributed by atoms with E-state index in [0.717, 1.165) is 38.9 Å². The maximum absolute atomic E-state index is 13.1. The molecule has 2 fully saturated rings. The molecular weight excluding hydrogens is 365 g/mol. The van der Waals surface area contributed by atoms with Gasteiger partial charge in [0.05, 0.1) is 5.56 Å². The van der Waals surface area contributed by atoms with Gasteiger partial charge in [-0.1, -0.05) is 12.1 Å². The summed E-state index contributed by atoms with van der Waals surface area (Å²) in [6, 6.07) is 11.2. The van der Waals surface area contributed by atoms with Crippen molar-refractivity contribution in [1.82, 2.24) is 14.8 Å². The maximum Gasteiger partial charge on any atom is 0.255 e. The van der Waals surface area contributed by atoms with E-state index in [-0.39, 0.29) is 11.7 Å². The Kier molecular flexibility index (Phi) is 6.55. The predicted octanol–water partition coefficient (Wildman–Crippen LogP) is 4.17. The number of hydrogen-bond acceptors (Lipinski definition) is 3. The number of carbonyl (C=O) groups is 1. The monoisotopic (exact) mass is 395 g/mol. The molecule has 1 aromatic heterocycles. The molecule has 2 saturated heterocycles. The van der Waals surface area contributed by atoms with Crippen LogP contribution in [-0.4, -0.2) is 52.9 Å². The fourth-order valence-electron chi connectivity index (χ4n) is 4.79. The first kappa shape index (κ1) is 20.0. The molecule has 29 heavy (non-hydrogen) atoms. The molecule has 0 saturated carbocycles. The first-order valence-corrected chi connectivity index (χ1v) is 10.9. The highest BCUT2D eigenvalue weighted by Crippen LogP contribution is 2.27. The number of nitrogens with zero attached hydrogens (tertiary/aromatic N) is 3. The van der Waals surface area contributed by atoms with E-state index in [1.54, 1.807) is 24.5 Å². The van der Waals surface area contributed by atoms with Crippen LogP contribution in [-0.2, 0) is 6.42 Å². The average Bonchev–Trinajstić information content (AvgIpc) is 2.79. The van der Waals surface area contributed by atoms with Crippen LogP contribution in [0.4, 0.5) is 4.39 Å². The molecular formula is C24H30FN3O. The number of amides is 1. The zero-order valence-corrected chi connectivity index (χ0v) is 17.0. The Labute approximate surface area is 172 Å². The molecule has 0 aliphatic carbocycles. The minimum atomic E-state index is -0.161. The SMILES string of the molecule is O=C(c1cccnc1)N1CCC(N2CCC[C@@H](CCc3ccc(F)cc3)C2)CC1. The maximum atomic E-state index is 13.1. The van der Waals surface area contributed by atoms with Gasteiger partial charge in [0.1, 0.15) is 5.82 Å². The summed E-state index contributed by atoms with van der Waals surface area (Å²) >= 11 is 0. The van der Waals surface area contributed by atoms with Crippen molar-refractivity contribution in [3.63, 3.8) is 0 Å². The van der Waals surface area contributed by atoms with Crippen molar-refractivity contribution in [2.45, 2.75) is 44.6 Å². The molecule has 4 rings (SSSR count). The first-order valence-electron chi connectivity index (χ1n) is 10.9. The van der Waals surface area contributed by atoms with Crippen LogP contribution in [0.1, 0.15) is 48.0 Å². The number of halogens is 1. The summed E-state index contributed by atoms with van der Waals surface area (Å²) in [7, 11) is 0. The second-order valence-corrected chi connectivity index (χ2v) is 8.43. The minimum absolute atomic E-state index is 0.104. The number of carbonyl (C=O) groups excluding carboxylic acids is 1. The van der Waals surface area contributed by atoms with Crippen molar-refractivity contribution in [2.75, 3.05) is 26.2 Å². The average molecular weight is 396 g/mol. The van der Waals surface area contributed by atoms with Crippen LogP contribution >= 0.6 is 0 Å². The van der Waals surface area contributed by atoms with Crippen molar-refractivity contribution in [3.05, 3.63) is 65.7 Å². The smallest absolute Gasteiger partial charge is 0.255 e. The molecule has 0 N–H and O–H groups in total. The van der Waals surface area contributed by atoms with E-state index in [2.05, 4.69) is 9.88 Å². The van der Waals surface area contributed by atoms with E-state index in [1.165, 1.54) is 31.4 Å². The molecule has 1 amide bonds. The summed E-state index contributed by atoms with van der Waals surface area (Å²) in [6.45, 7) is 3.99. The summed E-state index contributed by atoms with van der Waals surface area (Å²) in [4.78, 5) is 21.3. The number of benzene rings is 1. The normalized spacial score (nSPS) is 21.3. The third-order valence-electron chi connectivity index (χ3n) is 6.48. The lowest BCUT2D eigenvalue weighted by Gasteiger charge is -2.42. The molecule has 5 heteroatoms. The largest absolute Gasteiger partial charge is 0.338 e. The number of aryl methyl sites for hydroxylation is 1. The van der Waals surface area contributed by atoms with Gasteiger partial charge >= 0.3 is 0 Å². The molecule has 154 valence electrons. The molecule has 1 aromatic carbocycles. The van der Waals surface area contributed by atoms with E-state index in [1.807, 2.05) is 29.2 Å². The van der Waals surface area contributed by atoms with Crippen LogP contribution < -0.4 is 0 Å². The molecule has 0 bridgehead atoms. The molecule has 2 aliphatic heterocycles. The standard InChI is InChI=1S/C24H30FN3O/c25-22-9-7-19(8-10-22)5-6-20-3-2-14-28(18-20)23-11-15-27(16-12-23)24(29)21-4-1-13-26-17-21/h1,4,7-10,13,17,20,23H,2-3,5-6,11-12,14-16,18H2/t20-/m0/s1. The third kappa shape index (κ3) is 5.21. The minimum Gasteiger partial charge on any atom is -0.338 e. The molecule has 0 radical (unpaired) electrons. The summed E-state index contributed by atoms with van der Waals surface area (Å²) in [6.07, 6.45) is 10.2. The zero-order valence-electron chi connectivity index (χ0n) is 17.0. The number of piperidine rings is 2. The van der Waals surface area contributed by atoms with E-state index in [9.17, 15) is 9.18 Å². The quantitative estimate of drug-likeness (QED) is 0.762. The Balaban J connectivity index is 1.25. The summed E-state index contributed by atoms with van der Waals surface area (Å²) < 4.78 is 13.1. The number of hydrogen-bond donors (Lipinski definition) is 0. The van der Waals surface area contributed by atoms with Crippen LogP contribution in [0.2, 0.25) is 0 Å². The van der Waals surface area contributed by atoms with Gasteiger partial charge in [0.15, 0.2) is 0 Å². The summed E-state index contributed by atoms with van der Waals surface area (Å²) in [5.74, 6) is 0.655. The van der Waals surface area contributed by atoms with Gasteiger partial charge in [0, 0.05) is 38.1 Å². The molecule has 1 atom stereocenters. The highest BCUT2D eigenvalue weighted by molar-refractivity contribution is 5.93. The predicted molar refractivity (Wildman–Crippen MR) is 112 cm³/mol. The van der Waals surface area contributed by atoms with Gasteiger partial charge in [0.25, 0.3) is 5.91 Å². The molecule has 2 aliphatic rings. The van der Waals surface area contributed by atoms with E-state index in [0.29, 0.717) is 17.5 Å². The van der Waals surface area contributed by atoms with Gasteiger partial charge in [-0.3, -0.25) is 14.7 Å². The van der Waals surface area contributed by atoms with Gasteiger partial charge < -0.3 is 4.90 Å². The van der Waals surface area contributed by atoms with Gasteiger partial charge in [0.2, 0.25) is 0 Å². The second kappa shape index (κ2) is 9.49. The highest BCUT2D eigenvalue weighted by atomic mass is 19.1. The van der Waals surface area contributed by atoms with Gasteiger partial charge in [-0.25, -0.2) is 4.39 Å². The Morgan fingerprint density at radius 1 is 1.07 bits per heavy atom. The second-order valence-electron chi connectivity index (χ2n) is 8.43. The third-order valence-corrected chi connectivity index (χ3v) is 6.48. The number of rotatable bonds is 5.